The van der Waals surface area contributed by atoms with Crippen LogP contribution in [0.3, 0.4) is 0 Å². The predicted octanol–water partition coefficient (Wildman–Crippen LogP) is 1.89. The molecule has 1 aromatic carbocycles. The molecule has 2 bridgehead atoms. The third-order valence-corrected chi connectivity index (χ3v) is 6.19. The topological polar surface area (TPSA) is 72.9 Å². The fraction of sp³-hybridized carbons (Fsp3) is 0.550. The van der Waals surface area contributed by atoms with E-state index in [9.17, 15) is 14.4 Å². The van der Waals surface area contributed by atoms with Gasteiger partial charge in [0.15, 0.2) is 0 Å². The van der Waals surface area contributed by atoms with Crippen molar-refractivity contribution in [3.63, 3.8) is 0 Å². The van der Waals surface area contributed by atoms with E-state index in [-0.39, 0.29) is 41.7 Å². The van der Waals surface area contributed by atoms with Crippen molar-refractivity contribution in [3.8, 4) is 0 Å². The number of ether oxygens (including phenoxy) is 2. The van der Waals surface area contributed by atoms with Gasteiger partial charge in [-0.15, -0.1) is 0 Å². The van der Waals surface area contributed by atoms with Gasteiger partial charge in [-0.25, -0.2) is 4.79 Å². The van der Waals surface area contributed by atoms with E-state index in [2.05, 4.69) is 0 Å². The minimum Gasteiger partial charge on any atom is -0.469 e. The van der Waals surface area contributed by atoms with Gasteiger partial charge in [-0.3, -0.25) is 9.59 Å². The fourth-order valence-electron chi connectivity index (χ4n) is 5.33. The van der Waals surface area contributed by atoms with Crippen LogP contribution in [0.1, 0.15) is 30.6 Å². The summed E-state index contributed by atoms with van der Waals surface area (Å²) in [5, 5.41) is 0. The normalized spacial score (nSPS) is 34.5. The molecule has 6 unspecified atom stereocenters. The number of amides is 1. The molecule has 1 saturated heterocycles. The average molecular weight is 357 g/mol. The maximum Gasteiger partial charge on any atom is 0.338 e. The van der Waals surface area contributed by atoms with Crippen LogP contribution >= 0.6 is 0 Å². The van der Waals surface area contributed by atoms with Gasteiger partial charge < -0.3 is 14.4 Å². The molecule has 6 heteroatoms. The summed E-state index contributed by atoms with van der Waals surface area (Å²) >= 11 is 0. The molecular formula is C20H23NO5. The first-order chi connectivity index (χ1) is 12.5. The van der Waals surface area contributed by atoms with E-state index in [0.29, 0.717) is 5.56 Å². The van der Waals surface area contributed by atoms with Crippen molar-refractivity contribution in [3.05, 3.63) is 35.9 Å². The molecule has 3 aliphatic rings. The summed E-state index contributed by atoms with van der Waals surface area (Å²) in [6, 6.07) is 8.65. The van der Waals surface area contributed by atoms with E-state index >= 15 is 0 Å². The van der Waals surface area contributed by atoms with Crippen molar-refractivity contribution in [2.75, 3.05) is 7.11 Å². The second-order valence-electron chi connectivity index (χ2n) is 7.70. The highest BCUT2D eigenvalue weighted by molar-refractivity contribution is 5.92. The van der Waals surface area contributed by atoms with E-state index in [1.807, 2.05) is 24.8 Å². The van der Waals surface area contributed by atoms with Crippen molar-refractivity contribution in [1.82, 2.24) is 4.90 Å². The van der Waals surface area contributed by atoms with Crippen LogP contribution in [-0.2, 0) is 19.1 Å². The highest BCUT2D eigenvalue weighted by Gasteiger charge is 2.71. The summed E-state index contributed by atoms with van der Waals surface area (Å²) < 4.78 is 10.8. The van der Waals surface area contributed by atoms with Crippen LogP contribution < -0.4 is 0 Å². The second kappa shape index (κ2) is 6.11. The molecule has 138 valence electrons. The first kappa shape index (κ1) is 17.1. The molecule has 26 heavy (non-hydrogen) atoms. The van der Waals surface area contributed by atoms with Crippen LogP contribution in [0.5, 0.6) is 0 Å². The van der Waals surface area contributed by atoms with Crippen molar-refractivity contribution in [2.24, 2.45) is 23.7 Å². The standard InChI is InChI=1S/C20H23NO5/c1-10(2)21-16-12-9-13(15(20(24)25-3)14(12)18(21)22)17(16)26-19(23)11-7-5-4-6-8-11/h4-8,10,12-17H,9H2,1-3H3. The largest absolute Gasteiger partial charge is 0.469 e. The summed E-state index contributed by atoms with van der Waals surface area (Å²) in [7, 11) is 1.34. The third-order valence-electron chi connectivity index (χ3n) is 6.19. The first-order valence-corrected chi connectivity index (χ1v) is 9.11. The molecule has 0 radical (unpaired) electrons. The van der Waals surface area contributed by atoms with Crippen LogP contribution in [-0.4, -0.2) is 48.0 Å². The molecule has 2 saturated carbocycles. The molecule has 1 heterocycles. The maximum atomic E-state index is 13.0. The summed E-state index contributed by atoms with van der Waals surface area (Å²) in [5.74, 6) is -1.77. The number of carbonyl (C=O) groups is 3. The zero-order valence-corrected chi connectivity index (χ0v) is 15.1. The lowest BCUT2D eigenvalue weighted by molar-refractivity contribution is -0.153. The van der Waals surface area contributed by atoms with Gasteiger partial charge in [0.1, 0.15) is 6.10 Å². The molecule has 1 aliphatic heterocycles. The number of rotatable bonds is 4. The van der Waals surface area contributed by atoms with E-state index in [1.54, 1.807) is 24.3 Å². The van der Waals surface area contributed by atoms with Gasteiger partial charge in [-0.1, -0.05) is 18.2 Å². The second-order valence-corrected chi connectivity index (χ2v) is 7.70. The van der Waals surface area contributed by atoms with Gasteiger partial charge in [-0.2, -0.15) is 0 Å². The van der Waals surface area contributed by atoms with Crippen LogP contribution in [0.4, 0.5) is 0 Å². The van der Waals surface area contributed by atoms with Gasteiger partial charge in [-0.05, 0) is 38.3 Å². The van der Waals surface area contributed by atoms with Gasteiger partial charge >= 0.3 is 11.9 Å². The minimum absolute atomic E-state index is 0.00641. The number of methoxy groups -OCH3 is 1. The zero-order valence-electron chi connectivity index (χ0n) is 15.1. The Bertz CT molecular complexity index is 746. The predicted molar refractivity (Wildman–Crippen MR) is 92.0 cm³/mol. The van der Waals surface area contributed by atoms with E-state index in [4.69, 9.17) is 9.47 Å². The molecule has 0 spiro atoms. The van der Waals surface area contributed by atoms with Gasteiger partial charge in [0.2, 0.25) is 5.91 Å². The molecule has 2 aliphatic carbocycles. The molecule has 1 aromatic rings. The average Bonchev–Trinajstić information content (AvgIpc) is 3.24. The minimum atomic E-state index is -0.522. The molecule has 6 nitrogen and oxygen atoms in total. The number of fused-ring (bicyclic) bond motifs is 1. The van der Waals surface area contributed by atoms with Crippen LogP contribution in [0.15, 0.2) is 30.3 Å². The van der Waals surface area contributed by atoms with Crippen LogP contribution in [0.2, 0.25) is 0 Å². The van der Waals surface area contributed by atoms with E-state index in [0.717, 1.165) is 6.42 Å². The molecule has 3 fully saturated rings. The van der Waals surface area contributed by atoms with E-state index < -0.39 is 18.0 Å². The van der Waals surface area contributed by atoms with Crippen molar-refractivity contribution in [1.29, 1.82) is 0 Å². The number of nitrogens with zero attached hydrogens (tertiary/aromatic N) is 1. The molecule has 0 N–H and O–H groups in total. The summed E-state index contributed by atoms with van der Waals surface area (Å²) in [4.78, 5) is 39.8. The summed E-state index contributed by atoms with van der Waals surface area (Å²) in [6.45, 7) is 3.92. The Labute approximate surface area is 152 Å². The lowest BCUT2D eigenvalue weighted by atomic mass is 9.78. The Morgan fingerprint density at radius 1 is 1.15 bits per heavy atom. The maximum absolute atomic E-state index is 13.0. The van der Waals surface area contributed by atoms with E-state index in [1.165, 1.54) is 7.11 Å². The SMILES string of the molecule is COC(=O)C1C2CC3C1C(=O)N(C(C)C)C3C2OC(=O)c1ccccc1. The Balaban J connectivity index is 1.67. The van der Waals surface area contributed by atoms with Crippen molar-refractivity contribution >= 4 is 17.8 Å². The molecule has 6 atom stereocenters. The first-order valence-electron chi connectivity index (χ1n) is 9.11. The molecular weight excluding hydrogens is 334 g/mol. The molecule has 1 amide bonds. The van der Waals surface area contributed by atoms with Gasteiger partial charge in [0, 0.05) is 12.0 Å². The summed E-state index contributed by atoms with van der Waals surface area (Å²) in [5.41, 5.74) is 0.474. The number of carbonyl (C=O) groups excluding carboxylic acids is 3. The van der Waals surface area contributed by atoms with Crippen molar-refractivity contribution in [2.45, 2.75) is 38.5 Å². The highest BCUT2D eigenvalue weighted by Crippen LogP contribution is 2.60. The highest BCUT2D eigenvalue weighted by atomic mass is 16.5. The number of hydrogen-bond acceptors (Lipinski definition) is 5. The number of likely N-dealkylation sites (tertiary alicyclic amines) is 1. The smallest absolute Gasteiger partial charge is 0.338 e. The summed E-state index contributed by atoms with van der Waals surface area (Å²) in [6.07, 6.45) is 0.249. The van der Waals surface area contributed by atoms with Crippen LogP contribution in [0, 0.1) is 23.7 Å². The quantitative estimate of drug-likeness (QED) is 0.770. The molecule has 4 rings (SSSR count). The Kier molecular flexibility index (Phi) is 4.01. The van der Waals surface area contributed by atoms with Gasteiger partial charge in [0.05, 0.1) is 30.6 Å². The molecule has 0 aromatic heterocycles. The lowest BCUT2D eigenvalue weighted by Gasteiger charge is -2.35. The zero-order chi connectivity index (χ0) is 18.6. The van der Waals surface area contributed by atoms with Gasteiger partial charge in [0.25, 0.3) is 0 Å². The lowest BCUT2D eigenvalue weighted by Crippen LogP contribution is -2.48. The number of benzene rings is 1. The Morgan fingerprint density at radius 2 is 1.85 bits per heavy atom. The van der Waals surface area contributed by atoms with Crippen LogP contribution in [0.25, 0.3) is 0 Å². The van der Waals surface area contributed by atoms with Crippen molar-refractivity contribution < 1.29 is 23.9 Å². The third kappa shape index (κ3) is 2.27. The number of hydrogen-bond donors (Lipinski definition) is 0. The monoisotopic (exact) mass is 357 g/mol. The fourth-order valence-corrected chi connectivity index (χ4v) is 5.33. The number of esters is 2. The Hall–Kier alpha value is -2.37. The Morgan fingerprint density at radius 3 is 2.46 bits per heavy atom.